The molecule has 0 fully saturated rings. The van der Waals surface area contributed by atoms with Crippen LogP contribution in [-0.4, -0.2) is 17.0 Å². The third-order valence-corrected chi connectivity index (χ3v) is 2.13. The standard InChI is InChI=1S/C10H14N2O/c1-2-8(5-6-11)10(13)9-4-3-7-12-9/h3-4,6-8,11-12H,2,5H2,1H3. The van der Waals surface area contributed by atoms with Crippen molar-refractivity contribution < 1.29 is 4.79 Å². The molecule has 0 aliphatic carbocycles. The van der Waals surface area contributed by atoms with E-state index in [4.69, 9.17) is 5.41 Å². The molecular weight excluding hydrogens is 164 g/mol. The van der Waals surface area contributed by atoms with Crippen molar-refractivity contribution in [3.63, 3.8) is 0 Å². The van der Waals surface area contributed by atoms with E-state index in [1.54, 1.807) is 12.3 Å². The molecule has 2 N–H and O–H groups in total. The maximum Gasteiger partial charge on any atom is 0.182 e. The Morgan fingerprint density at radius 2 is 2.54 bits per heavy atom. The summed E-state index contributed by atoms with van der Waals surface area (Å²) >= 11 is 0. The Labute approximate surface area is 77.7 Å². The fraction of sp³-hybridized carbons (Fsp3) is 0.400. The smallest absolute Gasteiger partial charge is 0.182 e. The van der Waals surface area contributed by atoms with Crippen LogP contribution in [-0.2, 0) is 0 Å². The van der Waals surface area contributed by atoms with E-state index < -0.39 is 0 Å². The molecule has 0 saturated carbocycles. The molecule has 13 heavy (non-hydrogen) atoms. The van der Waals surface area contributed by atoms with E-state index in [0.717, 1.165) is 6.42 Å². The summed E-state index contributed by atoms with van der Waals surface area (Å²) in [5, 5.41) is 6.97. The van der Waals surface area contributed by atoms with Gasteiger partial charge in [-0.3, -0.25) is 4.79 Å². The van der Waals surface area contributed by atoms with Gasteiger partial charge in [0, 0.05) is 12.1 Å². The van der Waals surface area contributed by atoms with Gasteiger partial charge in [-0.1, -0.05) is 6.92 Å². The van der Waals surface area contributed by atoms with Gasteiger partial charge in [0.25, 0.3) is 0 Å². The van der Waals surface area contributed by atoms with Crippen LogP contribution in [0.2, 0.25) is 0 Å². The van der Waals surface area contributed by atoms with Crippen molar-refractivity contribution in [3.8, 4) is 0 Å². The fourth-order valence-corrected chi connectivity index (χ4v) is 1.30. The lowest BCUT2D eigenvalue weighted by atomic mass is 9.96. The molecule has 0 radical (unpaired) electrons. The van der Waals surface area contributed by atoms with Crippen molar-refractivity contribution in [1.82, 2.24) is 4.98 Å². The van der Waals surface area contributed by atoms with Crippen molar-refractivity contribution in [3.05, 3.63) is 24.0 Å². The minimum atomic E-state index is -0.0452. The van der Waals surface area contributed by atoms with Gasteiger partial charge in [-0.15, -0.1) is 0 Å². The molecule has 0 aliphatic heterocycles. The highest BCUT2D eigenvalue weighted by Gasteiger charge is 2.17. The molecule has 1 unspecified atom stereocenters. The molecule has 1 aromatic heterocycles. The molecule has 1 atom stereocenters. The van der Waals surface area contributed by atoms with Crippen molar-refractivity contribution >= 4 is 12.0 Å². The minimum Gasteiger partial charge on any atom is -0.359 e. The van der Waals surface area contributed by atoms with Gasteiger partial charge in [-0.25, -0.2) is 0 Å². The Hall–Kier alpha value is -1.38. The van der Waals surface area contributed by atoms with Crippen molar-refractivity contribution in [1.29, 1.82) is 5.41 Å². The second kappa shape index (κ2) is 4.60. The zero-order valence-electron chi connectivity index (χ0n) is 7.71. The average Bonchev–Trinajstić information content (AvgIpc) is 2.65. The van der Waals surface area contributed by atoms with E-state index in [1.807, 2.05) is 13.0 Å². The van der Waals surface area contributed by atoms with Gasteiger partial charge in [0.1, 0.15) is 0 Å². The second-order valence-electron chi connectivity index (χ2n) is 2.99. The number of H-pyrrole nitrogens is 1. The molecule has 0 saturated heterocycles. The number of carbonyl (C=O) groups excluding carboxylic acids is 1. The molecule has 1 aromatic rings. The van der Waals surface area contributed by atoms with Gasteiger partial charge in [0.05, 0.1) is 5.69 Å². The third kappa shape index (κ3) is 2.28. The summed E-state index contributed by atoms with van der Waals surface area (Å²) < 4.78 is 0. The lowest BCUT2D eigenvalue weighted by molar-refractivity contribution is 0.0916. The SMILES string of the molecule is CCC(CC=N)C(=O)c1ccc[nH]1. The zero-order chi connectivity index (χ0) is 9.68. The quantitative estimate of drug-likeness (QED) is 0.527. The lowest BCUT2D eigenvalue weighted by Crippen LogP contribution is -2.14. The largest absolute Gasteiger partial charge is 0.359 e. The van der Waals surface area contributed by atoms with Gasteiger partial charge < -0.3 is 10.4 Å². The van der Waals surface area contributed by atoms with Crippen LogP contribution < -0.4 is 0 Å². The summed E-state index contributed by atoms with van der Waals surface area (Å²) in [6.45, 7) is 1.97. The molecule has 0 spiro atoms. The summed E-state index contributed by atoms with van der Waals surface area (Å²) in [6, 6.07) is 3.58. The summed E-state index contributed by atoms with van der Waals surface area (Å²) in [7, 11) is 0. The summed E-state index contributed by atoms with van der Waals surface area (Å²) in [5.41, 5.74) is 0.647. The van der Waals surface area contributed by atoms with Crippen molar-refractivity contribution in [2.24, 2.45) is 5.92 Å². The average molecular weight is 178 g/mol. The first-order chi connectivity index (χ1) is 6.29. The van der Waals surface area contributed by atoms with E-state index in [-0.39, 0.29) is 11.7 Å². The van der Waals surface area contributed by atoms with Crippen molar-refractivity contribution in [2.75, 3.05) is 0 Å². The van der Waals surface area contributed by atoms with Crippen LogP contribution in [0.3, 0.4) is 0 Å². The Balaban J connectivity index is 2.70. The molecule has 3 nitrogen and oxygen atoms in total. The molecule has 3 heteroatoms. The third-order valence-electron chi connectivity index (χ3n) is 2.13. The molecule has 0 amide bonds. The minimum absolute atomic E-state index is 0.0452. The Kier molecular flexibility index (Phi) is 3.43. The highest BCUT2D eigenvalue weighted by Crippen LogP contribution is 2.13. The topological polar surface area (TPSA) is 56.7 Å². The highest BCUT2D eigenvalue weighted by molar-refractivity contribution is 5.97. The summed E-state index contributed by atoms with van der Waals surface area (Å²) in [5.74, 6) is 0.0622. The van der Waals surface area contributed by atoms with Crippen molar-refractivity contribution in [2.45, 2.75) is 19.8 Å². The number of hydrogen-bond donors (Lipinski definition) is 2. The van der Waals surface area contributed by atoms with E-state index >= 15 is 0 Å². The van der Waals surface area contributed by atoms with Crippen LogP contribution in [0.15, 0.2) is 18.3 Å². The molecular formula is C10H14N2O. The fourth-order valence-electron chi connectivity index (χ4n) is 1.30. The maximum atomic E-state index is 11.7. The zero-order valence-corrected chi connectivity index (χ0v) is 7.71. The van der Waals surface area contributed by atoms with E-state index in [1.165, 1.54) is 6.21 Å². The highest BCUT2D eigenvalue weighted by atomic mass is 16.1. The molecule has 0 bridgehead atoms. The number of rotatable bonds is 5. The number of hydrogen-bond acceptors (Lipinski definition) is 2. The van der Waals surface area contributed by atoms with Crippen LogP contribution in [0.4, 0.5) is 0 Å². The van der Waals surface area contributed by atoms with Gasteiger partial charge in [-0.05, 0) is 31.2 Å². The molecule has 70 valence electrons. The number of nitrogens with one attached hydrogen (secondary N) is 2. The molecule has 1 heterocycles. The van der Waals surface area contributed by atoms with Crippen LogP contribution in [0.5, 0.6) is 0 Å². The van der Waals surface area contributed by atoms with Crippen LogP contribution in [0.25, 0.3) is 0 Å². The van der Waals surface area contributed by atoms with Crippen LogP contribution in [0.1, 0.15) is 30.3 Å². The van der Waals surface area contributed by atoms with Gasteiger partial charge in [0.15, 0.2) is 5.78 Å². The van der Waals surface area contributed by atoms with E-state index in [9.17, 15) is 4.79 Å². The molecule has 1 rings (SSSR count). The number of aromatic amines is 1. The number of Topliss-reactive ketones (excluding diaryl/α,β-unsaturated/α-hetero) is 1. The van der Waals surface area contributed by atoms with Gasteiger partial charge >= 0.3 is 0 Å². The maximum absolute atomic E-state index is 11.7. The number of ketones is 1. The Morgan fingerprint density at radius 3 is 3.00 bits per heavy atom. The first-order valence-corrected chi connectivity index (χ1v) is 4.46. The first kappa shape index (κ1) is 9.71. The second-order valence-corrected chi connectivity index (χ2v) is 2.99. The summed E-state index contributed by atoms with van der Waals surface area (Å²) in [6.07, 6.45) is 4.36. The normalized spacial score (nSPS) is 12.4. The number of carbonyl (C=O) groups is 1. The summed E-state index contributed by atoms with van der Waals surface area (Å²) in [4.78, 5) is 14.6. The predicted molar refractivity (Wildman–Crippen MR) is 52.3 cm³/mol. The Bertz CT molecular complexity index is 277. The monoisotopic (exact) mass is 178 g/mol. The van der Waals surface area contributed by atoms with Crippen LogP contribution in [0, 0.1) is 11.3 Å². The molecule has 0 aliphatic rings. The van der Waals surface area contributed by atoms with Crippen LogP contribution >= 0.6 is 0 Å². The first-order valence-electron chi connectivity index (χ1n) is 4.46. The Morgan fingerprint density at radius 1 is 1.77 bits per heavy atom. The van der Waals surface area contributed by atoms with Gasteiger partial charge in [0.2, 0.25) is 0 Å². The van der Waals surface area contributed by atoms with Gasteiger partial charge in [-0.2, -0.15) is 0 Å². The number of aromatic nitrogens is 1. The predicted octanol–water partition coefficient (Wildman–Crippen LogP) is 2.26. The van der Waals surface area contributed by atoms with E-state index in [2.05, 4.69) is 4.98 Å². The lowest BCUT2D eigenvalue weighted by Gasteiger charge is -2.08. The van der Waals surface area contributed by atoms with E-state index in [0.29, 0.717) is 12.1 Å². The molecule has 0 aromatic carbocycles.